The summed E-state index contributed by atoms with van der Waals surface area (Å²) in [6.45, 7) is 5.13. The van der Waals surface area contributed by atoms with Crippen molar-refractivity contribution in [1.29, 1.82) is 0 Å². The molecule has 2 aromatic carbocycles. The van der Waals surface area contributed by atoms with Crippen molar-refractivity contribution in [3.05, 3.63) is 48.0 Å². The molecule has 1 unspecified atom stereocenters. The average Bonchev–Trinajstić information content (AvgIpc) is 2.98. The van der Waals surface area contributed by atoms with Crippen LogP contribution in [0.25, 0.3) is 0 Å². The quantitative estimate of drug-likeness (QED) is 0.680. The summed E-state index contributed by atoms with van der Waals surface area (Å²) in [5.74, 6) is 1.11. The molecule has 3 aliphatic rings. The van der Waals surface area contributed by atoms with Gasteiger partial charge in [0.15, 0.2) is 11.5 Å². The Labute approximate surface area is 194 Å². The minimum atomic E-state index is -3.65. The molecule has 0 spiro atoms. The van der Waals surface area contributed by atoms with Crippen LogP contribution < -0.4 is 14.4 Å². The van der Waals surface area contributed by atoms with Gasteiger partial charge in [-0.2, -0.15) is 4.31 Å². The smallest absolute Gasteiger partial charge is 0.243 e. The molecular weight excluding hydrogens is 442 g/mol. The maximum Gasteiger partial charge on any atom is 0.243 e. The molecule has 2 aromatic rings. The Balaban J connectivity index is 1.22. The van der Waals surface area contributed by atoms with Crippen LogP contribution >= 0.6 is 0 Å². The zero-order chi connectivity index (χ0) is 23.0. The SMILES string of the molecule is CC1Cc2ccccc2N1C(=O)CN1CCN(S(=O)(=O)c2ccc3c(c2)OCCCO3)CC1. The molecule has 0 N–H and O–H groups in total. The zero-order valence-corrected chi connectivity index (χ0v) is 19.6. The van der Waals surface area contributed by atoms with Crippen LogP contribution in [0.15, 0.2) is 47.4 Å². The van der Waals surface area contributed by atoms with Crippen molar-refractivity contribution >= 4 is 21.6 Å². The van der Waals surface area contributed by atoms with Crippen molar-refractivity contribution in [1.82, 2.24) is 9.21 Å². The van der Waals surface area contributed by atoms with E-state index in [-0.39, 0.29) is 23.4 Å². The van der Waals surface area contributed by atoms with Crippen LogP contribution in [0.1, 0.15) is 18.9 Å². The fourth-order valence-electron chi connectivity index (χ4n) is 4.79. The highest BCUT2D eigenvalue weighted by atomic mass is 32.2. The van der Waals surface area contributed by atoms with Crippen molar-refractivity contribution in [2.75, 3.05) is 50.8 Å². The molecule has 3 aliphatic heterocycles. The fraction of sp³-hybridized carbons (Fsp3) is 0.458. The number of piperazine rings is 1. The predicted octanol–water partition coefficient (Wildman–Crippen LogP) is 2.13. The number of hydrogen-bond donors (Lipinski definition) is 0. The van der Waals surface area contributed by atoms with Crippen LogP contribution in [0.3, 0.4) is 0 Å². The van der Waals surface area contributed by atoms with Gasteiger partial charge in [0.1, 0.15) is 0 Å². The summed E-state index contributed by atoms with van der Waals surface area (Å²) in [6, 6.07) is 13.0. The number of carbonyl (C=O) groups excluding carboxylic acids is 1. The number of hydrogen-bond acceptors (Lipinski definition) is 6. The summed E-state index contributed by atoms with van der Waals surface area (Å²) < 4.78 is 39.2. The number of benzene rings is 2. The normalized spacial score (nSPS) is 21.5. The van der Waals surface area contributed by atoms with E-state index in [1.165, 1.54) is 9.87 Å². The minimum Gasteiger partial charge on any atom is -0.490 e. The summed E-state index contributed by atoms with van der Waals surface area (Å²) >= 11 is 0. The highest BCUT2D eigenvalue weighted by Gasteiger charge is 2.34. The first-order valence-corrected chi connectivity index (χ1v) is 12.9. The van der Waals surface area contributed by atoms with Crippen molar-refractivity contribution in [3.63, 3.8) is 0 Å². The molecule has 9 heteroatoms. The summed E-state index contributed by atoms with van der Waals surface area (Å²) in [4.78, 5) is 17.2. The monoisotopic (exact) mass is 471 g/mol. The number of anilines is 1. The second kappa shape index (κ2) is 8.96. The van der Waals surface area contributed by atoms with Crippen molar-refractivity contribution in [2.45, 2.75) is 30.7 Å². The van der Waals surface area contributed by atoms with Gasteiger partial charge in [0, 0.05) is 50.4 Å². The van der Waals surface area contributed by atoms with Crippen LogP contribution in [0.5, 0.6) is 11.5 Å². The number of amides is 1. The Morgan fingerprint density at radius 3 is 2.52 bits per heavy atom. The van der Waals surface area contributed by atoms with Gasteiger partial charge in [0.2, 0.25) is 15.9 Å². The molecule has 0 radical (unpaired) electrons. The van der Waals surface area contributed by atoms with E-state index >= 15 is 0 Å². The molecule has 5 rings (SSSR count). The maximum atomic E-state index is 13.2. The van der Waals surface area contributed by atoms with Gasteiger partial charge in [-0.1, -0.05) is 18.2 Å². The van der Waals surface area contributed by atoms with E-state index in [2.05, 4.69) is 13.0 Å². The van der Waals surface area contributed by atoms with Crippen LogP contribution in [0.2, 0.25) is 0 Å². The third-order valence-corrected chi connectivity index (χ3v) is 8.42. The third-order valence-electron chi connectivity index (χ3n) is 6.52. The lowest BCUT2D eigenvalue weighted by atomic mass is 10.1. The maximum absolute atomic E-state index is 13.2. The Morgan fingerprint density at radius 1 is 1.00 bits per heavy atom. The highest BCUT2D eigenvalue weighted by Crippen LogP contribution is 2.34. The molecule has 176 valence electrons. The molecular formula is C24H29N3O5S. The average molecular weight is 472 g/mol. The molecule has 1 fully saturated rings. The molecule has 1 saturated heterocycles. The van der Waals surface area contributed by atoms with Crippen molar-refractivity contribution in [3.8, 4) is 11.5 Å². The Kier molecular flexibility index (Phi) is 6.03. The number of ether oxygens (including phenoxy) is 2. The van der Waals surface area contributed by atoms with Gasteiger partial charge in [-0.15, -0.1) is 0 Å². The standard InChI is InChI=1S/C24H29N3O5S/c1-18-15-19-5-2-3-6-21(19)27(18)24(28)17-25-9-11-26(12-10-25)33(29,30)20-7-8-22-23(16-20)32-14-4-13-31-22/h2-3,5-8,16,18H,4,9-15,17H2,1H3. The van der Waals surface area contributed by atoms with Gasteiger partial charge in [-0.05, 0) is 37.1 Å². The first-order chi connectivity index (χ1) is 15.9. The molecule has 8 nitrogen and oxygen atoms in total. The molecule has 0 aliphatic carbocycles. The van der Waals surface area contributed by atoms with E-state index in [1.54, 1.807) is 18.2 Å². The third kappa shape index (κ3) is 4.32. The van der Waals surface area contributed by atoms with Gasteiger partial charge in [0.05, 0.1) is 24.7 Å². The van der Waals surface area contributed by atoms with Crippen LogP contribution in [0, 0.1) is 0 Å². The summed E-state index contributed by atoms with van der Waals surface area (Å²) in [5, 5.41) is 0. The van der Waals surface area contributed by atoms with Gasteiger partial charge in [-0.25, -0.2) is 8.42 Å². The van der Waals surface area contributed by atoms with E-state index in [0.717, 1.165) is 18.5 Å². The van der Waals surface area contributed by atoms with Crippen molar-refractivity contribution < 1.29 is 22.7 Å². The zero-order valence-electron chi connectivity index (χ0n) is 18.8. The van der Waals surface area contributed by atoms with E-state index in [9.17, 15) is 13.2 Å². The van der Waals surface area contributed by atoms with Gasteiger partial charge >= 0.3 is 0 Å². The predicted molar refractivity (Wildman–Crippen MR) is 124 cm³/mol. The van der Waals surface area contributed by atoms with Gasteiger partial charge in [-0.3, -0.25) is 9.69 Å². The topological polar surface area (TPSA) is 79.4 Å². The lowest BCUT2D eigenvalue weighted by Crippen LogP contribution is -2.52. The van der Waals surface area contributed by atoms with E-state index in [0.29, 0.717) is 50.9 Å². The number of fused-ring (bicyclic) bond motifs is 2. The Hall–Kier alpha value is -2.62. The molecule has 33 heavy (non-hydrogen) atoms. The highest BCUT2D eigenvalue weighted by molar-refractivity contribution is 7.89. The molecule has 0 bridgehead atoms. The second-order valence-electron chi connectivity index (χ2n) is 8.78. The molecule has 0 saturated carbocycles. The van der Waals surface area contributed by atoms with E-state index in [4.69, 9.17) is 9.47 Å². The first kappa shape index (κ1) is 22.2. The molecule has 3 heterocycles. The molecule has 1 amide bonds. The number of carbonyl (C=O) groups is 1. The van der Waals surface area contributed by atoms with Crippen LogP contribution in [-0.4, -0.2) is 75.5 Å². The Morgan fingerprint density at radius 2 is 1.73 bits per heavy atom. The summed E-state index contributed by atoms with van der Waals surface area (Å²) in [7, 11) is -3.65. The largest absolute Gasteiger partial charge is 0.490 e. The molecule has 0 aromatic heterocycles. The molecule has 1 atom stereocenters. The van der Waals surface area contributed by atoms with Gasteiger partial charge < -0.3 is 14.4 Å². The minimum absolute atomic E-state index is 0.0617. The second-order valence-corrected chi connectivity index (χ2v) is 10.7. The lowest BCUT2D eigenvalue weighted by Gasteiger charge is -2.35. The lowest BCUT2D eigenvalue weighted by molar-refractivity contribution is -0.120. The van der Waals surface area contributed by atoms with E-state index < -0.39 is 10.0 Å². The van der Waals surface area contributed by atoms with E-state index in [1.807, 2.05) is 28.0 Å². The summed E-state index contributed by atoms with van der Waals surface area (Å²) in [6.07, 6.45) is 1.63. The first-order valence-electron chi connectivity index (χ1n) is 11.5. The Bertz CT molecular complexity index is 1140. The number of rotatable bonds is 4. The van der Waals surface area contributed by atoms with Crippen molar-refractivity contribution in [2.24, 2.45) is 0 Å². The van der Waals surface area contributed by atoms with Gasteiger partial charge in [0.25, 0.3) is 0 Å². The van der Waals surface area contributed by atoms with Crippen LogP contribution in [0.4, 0.5) is 5.69 Å². The van der Waals surface area contributed by atoms with Crippen LogP contribution in [-0.2, 0) is 21.2 Å². The number of sulfonamides is 1. The fourth-order valence-corrected chi connectivity index (χ4v) is 6.23. The number of para-hydroxylation sites is 1. The number of nitrogens with zero attached hydrogens (tertiary/aromatic N) is 3. The summed E-state index contributed by atoms with van der Waals surface area (Å²) in [5.41, 5.74) is 2.19.